The van der Waals surface area contributed by atoms with Crippen LogP contribution in [-0.2, 0) is 42.1 Å². The van der Waals surface area contributed by atoms with Crippen LogP contribution in [0.1, 0.15) is 80.9 Å². The number of nitrogens with one attached hydrogen (secondary N) is 2. The average molecular weight is 854 g/mol. The molecule has 4 aromatic rings. The zero-order valence-corrected chi connectivity index (χ0v) is 36.8. The number of aromatic nitrogens is 6. The summed E-state index contributed by atoms with van der Waals surface area (Å²) in [6.07, 6.45) is 21.2. The molecule has 15 heteroatoms. The molecule has 2 aromatic heterocycles. The van der Waals surface area contributed by atoms with Gasteiger partial charge >= 0.3 is 0 Å². The number of carbonyl (C=O) groups is 2. The van der Waals surface area contributed by atoms with Crippen molar-refractivity contribution in [3.05, 3.63) is 95.6 Å². The van der Waals surface area contributed by atoms with Gasteiger partial charge in [0.25, 0.3) is 0 Å². The number of piperazine rings is 2. The minimum absolute atomic E-state index is 0.0225. The highest BCUT2D eigenvalue weighted by Crippen LogP contribution is 2.37. The van der Waals surface area contributed by atoms with Crippen LogP contribution in [0.2, 0.25) is 5.02 Å². The zero-order valence-electron chi connectivity index (χ0n) is 36.0. The monoisotopic (exact) mass is 853 g/mol. The van der Waals surface area contributed by atoms with Crippen LogP contribution in [0.25, 0.3) is 0 Å². The Kier molecular flexibility index (Phi) is 14.5. The smallest absolute Gasteiger partial charge is 0.245 e. The van der Waals surface area contributed by atoms with Gasteiger partial charge in [0, 0.05) is 94.5 Å². The molecule has 14 nitrogen and oxygen atoms in total. The van der Waals surface area contributed by atoms with E-state index in [0.717, 1.165) is 44.6 Å². The summed E-state index contributed by atoms with van der Waals surface area (Å²) < 4.78 is 4.27. The fraction of sp³-hybridized carbons (Fsp3) is 0.609. The van der Waals surface area contributed by atoms with Gasteiger partial charge in [-0.05, 0) is 68.0 Å². The van der Waals surface area contributed by atoms with Crippen molar-refractivity contribution in [3.63, 3.8) is 0 Å². The third-order valence-electron chi connectivity index (χ3n) is 14.3. The van der Waals surface area contributed by atoms with E-state index >= 15 is 0 Å². The molecule has 2 N–H and O–H groups in total. The Morgan fingerprint density at radius 2 is 1.21 bits per heavy atom. The summed E-state index contributed by atoms with van der Waals surface area (Å²) in [5, 5.41) is 23.1. The van der Waals surface area contributed by atoms with Crippen molar-refractivity contribution in [2.75, 3.05) is 59.4 Å². The van der Waals surface area contributed by atoms with E-state index in [9.17, 15) is 9.59 Å². The van der Waals surface area contributed by atoms with Crippen LogP contribution in [0.15, 0.2) is 73.8 Å². The van der Waals surface area contributed by atoms with E-state index in [2.05, 4.69) is 74.0 Å². The van der Waals surface area contributed by atoms with Crippen molar-refractivity contribution in [2.24, 2.45) is 0 Å². The molecular formula is C46H65ClN12O2. The minimum Gasteiger partial charge on any atom is -0.343 e. The zero-order chi connectivity index (χ0) is 42.1. The largest absolute Gasteiger partial charge is 0.343 e. The van der Waals surface area contributed by atoms with Gasteiger partial charge in [-0.3, -0.25) is 19.4 Å². The van der Waals surface area contributed by atoms with Crippen molar-refractivity contribution < 1.29 is 9.59 Å². The summed E-state index contributed by atoms with van der Waals surface area (Å²) in [6.45, 7) is 10.3. The molecule has 61 heavy (non-hydrogen) atoms. The molecule has 2 saturated heterocycles. The highest BCUT2D eigenvalue weighted by molar-refractivity contribution is 6.30. The molecule has 2 saturated carbocycles. The lowest BCUT2D eigenvalue weighted by atomic mass is 9.79. The molecule has 9 rings (SSSR count). The Morgan fingerprint density at radius 3 is 1.75 bits per heavy atom. The lowest BCUT2D eigenvalue weighted by molar-refractivity contribution is -0.139. The van der Waals surface area contributed by atoms with Crippen LogP contribution in [0.5, 0.6) is 0 Å². The van der Waals surface area contributed by atoms with Gasteiger partial charge < -0.3 is 29.6 Å². The van der Waals surface area contributed by atoms with Crippen LogP contribution in [0.4, 0.5) is 0 Å². The lowest BCUT2D eigenvalue weighted by Gasteiger charge is -2.50. The third-order valence-corrected chi connectivity index (χ3v) is 14.5. The number of benzene rings is 2. The Bertz CT molecular complexity index is 1970. The van der Waals surface area contributed by atoms with E-state index < -0.39 is 6.04 Å². The summed E-state index contributed by atoms with van der Waals surface area (Å²) in [4.78, 5) is 37.3. The van der Waals surface area contributed by atoms with Crippen molar-refractivity contribution in [3.8, 4) is 0 Å². The molecule has 0 bridgehead atoms. The Labute approximate surface area is 366 Å². The van der Waals surface area contributed by atoms with Gasteiger partial charge in [-0.2, -0.15) is 0 Å². The molecule has 2 aliphatic carbocycles. The minimum atomic E-state index is -0.648. The van der Waals surface area contributed by atoms with E-state index in [1.54, 1.807) is 12.7 Å². The first-order valence-electron chi connectivity index (χ1n) is 22.7. The van der Waals surface area contributed by atoms with Crippen molar-refractivity contribution in [1.82, 2.24) is 59.8 Å². The number of carbonyl (C=O) groups excluding carboxylic acids is 2. The highest BCUT2D eigenvalue weighted by Gasteiger charge is 2.42. The normalized spacial score (nSPS) is 22.7. The molecule has 5 heterocycles. The highest BCUT2D eigenvalue weighted by atomic mass is 35.5. The van der Waals surface area contributed by atoms with Gasteiger partial charge in [-0.1, -0.05) is 86.5 Å². The van der Waals surface area contributed by atoms with Crippen LogP contribution < -0.4 is 10.6 Å². The molecule has 2 atom stereocenters. The summed E-state index contributed by atoms with van der Waals surface area (Å²) in [6, 6.07) is 14.7. The molecule has 2 aromatic carbocycles. The number of halogens is 1. The number of likely N-dealkylation sites (N-methyl/N-ethyl adjacent to an activating group) is 1. The maximum atomic E-state index is 14.0. The van der Waals surface area contributed by atoms with E-state index in [0.29, 0.717) is 43.0 Å². The Balaban J connectivity index is 0.000000225. The fourth-order valence-corrected chi connectivity index (χ4v) is 10.9. The second kappa shape index (κ2) is 20.3. The molecule has 0 spiro atoms. The fourth-order valence-electron chi connectivity index (χ4n) is 10.7. The van der Waals surface area contributed by atoms with E-state index in [4.69, 9.17) is 11.6 Å². The van der Waals surface area contributed by atoms with E-state index in [-0.39, 0.29) is 23.4 Å². The predicted octanol–water partition coefficient (Wildman–Crippen LogP) is 4.45. The molecule has 3 aliphatic heterocycles. The lowest BCUT2D eigenvalue weighted by Crippen LogP contribution is -2.62. The molecule has 5 aliphatic rings. The summed E-state index contributed by atoms with van der Waals surface area (Å²) >= 11 is 6.13. The molecule has 0 radical (unpaired) electrons. The molecule has 328 valence electrons. The number of rotatable bonds is 11. The number of hydrogen-bond donors (Lipinski definition) is 2. The van der Waals surface area contributed by atoms with Gasteiger partial charge in [0.05, 0.1) is 6.04 Å². The predicted molar refractivity (Wildman–Crippen MR) is 237 cm³/mol. The van der Waals surface area contributed by atoms with Crippen LogP contribution in [0, 0.1) is 0 Å². The maximum Gasteiger partial charge on any atom is 0.245 e. The molecule has 2 amide bonds. The Hall–Kier alpha value is -4.21. The van der Waals surface area contributed by atoms with Gasteiger partial charge in [-0.25, -0.2) is 0 Å². The number of fused-ring (bicyclic) bond motifs is 1. The van der Waals surface area contributed by atoms with E-state index in [1.165, 1.54) is 88.7 Å². The van der Waals surface area contributed by atoms with Gasteiger partial charge in [0.2, 0.25) is 11.8 Å². The second-order valence-corrected chi connectivity index (χ2v) is 18.7. The maximum absolute atomic E-state index is 14.0. The number of hydrogen-bond acceptors (Lipinski definition) is 10. The van der Waals surface area contributed by atoms with Crippen LogP contribution >= 0.6 is 11.6 Å². The first-order chi connectivity index (χ1) is 29.8. The van der Waals surface area contributed by atoms with Gasteiger partial charge in [0.1, 0.15) is 31.4 Å². The van der Waals surface area contributed by atoms with Crippen molar-refractivity contribution >= 4 is 23.4 Å². The summed E-state index contributed by atoms with van der Waals surface area (Å²) in [7, 11) is 2.23. The third kappa shape index (κ3) is 10.9. The first kappa shape index (κ1) is 43.4. The topological polar surface area (TPSA) is 133 Å². The van der Waals surface area contributed by atoms with Crippen molar-refractivity contribution in [1.29, 1.82) is 0 Å². The second-order valence-electron chi connectivity index (χ2n) is 18.2. The molecule has 0 unspecified atom stereocenters. The van der Waals surface area contributed by atoms with E-state index in [1.807, 2.05) is 54.0 Å². The SMILES string of the molecule is CN1CCN(C2(Cn3cnnc3)CCCCC2)CC1.O=C(N[C@H](Cc1ccc(Cl)cc1)C(=O)N1CCN(C2(Cn3cnnc3)CCCCC2)CC1)[C@H]1Cc2ccccc2CN1. The molecular weight excluding hydrogens is 788 g/mol. The number of amides is 2. The van der Waals surface area contributed by atoms with Gasteiger partial charge in [0.15, 0.2) is 0 Å². The summed E-state index contributed by atoms with van der Waals surface area (Å²) in [5.74, 6) is -0.156. The number of nitrogens with zero attached hydrogens (tertiary/aromatic N) is 10. The molecule has 4 fully saturated rings. The first-order valence-corrected chi connectivity index (χ1v) is 23.1. The van der Waals surface area contributed by atoms with Crippen LogP contribution in [0.3, 0.4) is 0 Å². The summed E-state index contributed by atoms with van der Waals surface area (Å²) in [5.41, 5.74) is 3.77. The van der Waals surface area contributed by atoms with Gasteiger partial charge in [-0.15, -0.1) is 20.4 Å². The quantitative estimate of drug-likeness (QED) is 0.223. The van der Waals surface area contributed by atoms with Crippen LogP contribution in [-0.4, -0.2) is 144 Å². The average Bonchev–Trinajstić information content (AvgIpc) is 4.02. The van der Waals surface area contributed by atoms with Crippen molar-refractivity contribution in [2.45, 2.75) is 120 Å². The Morgan fingerprint density at radius 1 is 0.705 bits per heavy atom. The standard InChI is InChI=1S/C32H40ClN7O2.C14H25N5/c33-27-10-8-24(9-11-27)18-29(37-30(41)28-19-25-6-2-3-7-26(25)20-34-28)31(42)39-14-16-40(17-15-39)32(12-4-1-5-13-32)21-38-22-35-36-23-38;1-17-7-9-19(10-8-17)14(5-3-2-4-6-14)11-18-12-15-16-13-18/h2-3,6-11,22-23,28-29,34H,1,4-5,12-21H2,(H,37,41);12-13H,2-11H2,1H3/t28-,29-;/m1./s1.